The maximum atomic E-state index is 6.70. The van der Waals surface area contributed by atoms with Gasteiger partial charge in [0.15, 0.2) is 0 Å². The first-order valence-electron chi connectivity index (χ1n) is 7.47. The minimum Gasteiger partial charge on any atom is -0.491 e. The number of para-hydroxylation sites is 1. The van der Waals surface area contributed by atoms with Crippen LogP contribution in [0.5, 0.6) is 5.75 Å². The maximum absolute atomic E-state index is 6.70. The number of hydrogen-bond acceptors (Lipinski definition) is 3. The molecule has 0 spiro atoms. The summed E-state index contributed by atoms with van der Waals surface area (Å²) in [5, 5.41) is 0. The molecule has 2 rings (SSSR count). The lowest BCUT2D eigenvalue weighted by Gasteiger charge is -2.42. The summed E-state index contributed by atoms with van der Waals surface area (Å²) in [4.78, 5) is 0. The summed E-state index contributed by atoms with van der Waals surface area (Å²) in [6, 6.07) is 8.18. The van der Waals surface area contributed by atoms with Crippen molar-refractivity contribution in [2.24, 2.45) is 11.1 Å². The summed E-state index contributed by atoms with van der Waals surface area (Å²) in [6.07, 6.45) is 4.36. The Morgan fingerprint density at radius 1 is 1.05 bits per heavy atom. The largest absolute Gasteiger partial charge is 0.491 e. The van der Waals surface area contributed by atoms with Gasteiger partial charge in [-0.05, 0) is 37.2 Å². The molecule has 3 nitrogen and oxygen atoms in total. The van der Waals surface area contributed by atoms with Crippen LogP contribution in [0.3, 0.4) is 0 Å². The summed E-state index contributed by atoms with van der Waals surface area (Å²) in [7, 11) is 1.68. The summed E-state index contributed by atoms with van der Waals surface area (Å²) in [6.45, 7) is 5.81. The van der Waals surface area contributed by atoms with Crippen LogP contribution in [0.25, 0.3) is 0 Å². The first-order valence-corrected chi connectivity index (χ1v) is 7.47. The van der Waals surface area contributed by atoms with Crippen LogP contribution < -0.4 is 10.5 Å². The lowest BCUT2D eigenvalue weighted by Crippen LogP contribution is -2.42. The van der Waals surface area contributed by atoms with Gasteiger partial charge in [0.05, 0.1) is 6.61 Å². The third kappa shape index (κ3) is 3.53. The normalized spacial score (nSPS) is 20.6. The van der Waals surface area contributed by atoms with Crippen LogP contribution in [-0.4, -0.2) is 20.3 Å². The van der Waals surface area contributed by atoms with Gasteiger partial charge in [-0.3, -0.25) is 0 Å². The molecule has 3 heteroatoms. The minimum absolute atomic E-state index is 0.251. The van der Waals surface area contributed by atoms with E-state index < -0.39 is 0 Å². The molecule has 20 heavy (non-hydrogen) atoms. The van der Waals surface area contributed by atoms with Crippen LogP contribution in [0.1, 0.15) is 45.1 Å². The van der Waals surface area contributed by atoms with E-state index >= 15 is 0 Å². The van der Waals surface area contributed by atoms with Gasteiger partial charge in [0.1, 0.15) is 12.4 Å². The number of rotatable bonds is 5. The molecule has 1 aliphatic rings. The average Bonchev–Trinajstić information content (AvgIpc) is 2.43. The zero-order chi connectivity index (χ0) is 14.6. The lowest BCUT2D eigenvalue weighted by molar-refractivity contribution is 0.138. The van der Waals surface area contributed by atoms with Gasteiger partial charge >= 0.3 is 0 Å². The van der Waals surface area contributed by atoms with Gasteiger partial charge in [0.2, 0.25) is 0 Å². The fourth-order valence-electron chi connectivity index (χ4n) is 2.88. The van der Waals surface area contributed by atoms with Gasteiger partial charge in [-0.25, -0.2) is 0 Å². The topological polar surface area (TPSA) is 44.5 Å². The smallest absolute Gasteiger partial charge is 0.124 e. The van der Waals surface area contributed by atoms with E-state index in [2.05, 4.69) is 19.9 Å². The molecule has 0 saturated heterocycles. The Morgan fingerprint density at radius 3 is 2.35 bits per heavy atom. The number of benzene rings is 1. The predicted octanol–water partition coefficient (Wildman–Crippen LogP) is 3.47. The van der Waals surface area contributed by atoms with E-state index in [9.17, 15) is 0 Å². The molecular weight excluding hydrogens is 250 g/mol. The number of ether oxygens (including phenoxy) is 2. The van der Waals surface area contributed by atoms with Crippen molar-refractivity contribution in [1.29, 1.82) is 0 Å². The molecule has 0 amide bonds. The second-order valence-corrected chi connectivity index (χ2v) is 6.66. The lowest BCUT2D eigenvalue weighted by atomic mass is 9.67. The zero-order valence-electron chi connectivity index (χ0n) is 12.9. The highest BCUT2D eigenvalue weighted by Gasteiger charge is 2.38. The van der Waals surface area contributed by atoms with Gasteiger partial charge in [-0.2, -0.15) is 0 Å². The standard InChI is InChI=1S/C17H27NO2/c1-16(2)8-10-17(18,11-9-16)14-6-4-5-7-15(14)20-13-12-19-3/h4-7H,8-13,18H2,1-3H3. The summed E-state index contributed by atoms with van der Waals surface area (Å²) < 4.78 is 10.9. The number of nitrogens with two attached hydrogens (primary N) is 1. The van der Waals surface area contributed by atoms with Crippen LogP contribution in [-0.2, 0) is 10.3 Å². The molecule has 0 radical (unpaired) electrons. The fraction of sp³-hybridized carbons (Fsp3) is 0.647. The SMILES string of the molecule is COCCOc1ccccc1C1(N)CCC(C)(C)CC1. The monoisotopic (exact) mass is 277 g/mol. The van der Waals surface area contributed by atoms with E-state index in [0.29, 0.717) is 18.6 Å². The van der Waals surface area contributed by atoms with Crippen LogP contribution >= 0.6 is 0 Å². The van der Waals surface area contributed by atoms with Gasteiger partial charge in [-0.15, -0.1) is 0 Å². The van der Waals surface area contributed by atoms with Crippen LogP contribution in [0.15, 0.2) is 24.3 Å². The molecule has 1 aromatic rings. The van der Waals surface area contributed by atoms with Crippen LogP contribution in [0.4, 0.5) is 0 Å². The molecule has 0 unspecified atom stereocenters. The minimum atomic E-state index is -0.251. The highest BCUT2D eigenvalue weighted by molar-refractivity contribution is 5.39. The quantitative estimate of drug-likeness (QED) is 0.838. The third-order valence-corrected chi connectivity index (χ3v) is 4.46. The Balaban J connectivity index is 2.15. The summed E-state index contributed by atoms with van der Waals surface area (Å²) in [5.41, 5.74) is 8.00. The van der Waals surface area contributed by atoms with Crippen molar-refractivity contribution in [3.05, 3.63) is 29.8 Å². The molecule has 0 aromatic heterocycles. The van der Waals surface area contributed by atoms with Crippen molar-refractivity contribution in [2.45, 2.75) is 45.1 Å². The van der Waals surface area contributed by atoms with Crippen molar-refractivity contribution < 1.29 is 9.47 Å². The van der Waals surface area contributed by atoms with E-state index in [1.54, 1.807) is 7.11 Å². The molecule has 0 aliphatic heterocycles. The number of hydrogen-bond donors (Lipinski definition) is 1. The van der Waals surface area contributed by atoms with Crippen molar-refractivity contribution >= 4 is 0 Å². The maximum Gasteiger partial charge on any atom is 0.124 e. The molecule has 1 fully saturated rings. The van der Waals surface area contributed by atoms with Gasteiger partial charge < -0.3 is 15.2 Å². The van der Waals surface area contributed by atoms with Gasteiger partial charge in [0.25, 0.3) is 0 Å². The molecule has 1 saturated carbocycles. The summed E-state index contributed by atoms with van der Waals surface area (Å²) in [5.74, 6) is 0.909. The molecule has 2 N–H and O–H groups in total. The molecule has 0 atom stereocenters. The highest BCUT2D eigenvalue weighted by Crippen LogP contribution is 2.45. The third-order valence-electron chi connectivity index (χ3n) is 4.46. The van der Waals surface area contributed by atoms with Crippen LogP contribution in [0.2, 0.25) is 0 Å². The second kappa shape index (κ2) is 6.15. The zero-order valence-corrected chi connectivity index (χ0v) is 12.9. The van der Waals surface area contributed by atoms with Crippen molar-refractivity contribution in [3.8, 4) is 5.75 Å². The second-order valence-electron chi connectivity index (χ2n) is 6.66. The fourth-order valence-corrected chi connectivity index (χ4v) is 2.88. The van der Waals surface area contributed by atoms with Gasteiger partial charge in [-0.1, -0.05) is 32.0 Å². The van der Waals surface area contributed by atoms with Gasteiger partial charge in [0, 0.05) is 18.2 Å². The number of methoxy groups -OCH3 is 1. The highest BCUT2D eigenvalue weighted by atomic mass is 16.5. The van der Waals surface area contributed by atoms with Crippen molar-refractivity contribution in [2.75, 3.05) is 20.3 Å². The van der Waals surface area contributed by atoms with E-state index in [1.807, 2.05) is 18.2 Å². The molecule has 0 heterocycles. The van der Waals surface area contributed by atoms with E-state index in [4.69, 9.17) is 15.2 Å². The van der Waals surface area contributed by atoms with Crippen LogP contribution in [0, 0.1) is 5.41 Å². The molecule has 1 aromatic carbocycles. The Bertz CT molecular complexity index is 432. The predicted molar refractivity (Wildman–Crippen MR) is 81.9 cm³/mol. The van der Waals surface area contributed by atoms with Crippen molar-refractivity contribution in [1.82, 2.24) is 0 Å². The Labute approximate surface area is 122 Å². The Kier molecular flexibility index (Phi) is 4.71. The first-order chi connectivity index (χ1) is 9.47. The Hall–Kier alpha value is -1.06. The van der Waals surface area contributed by atoms with E-state index in [1.165, 1.54) is 0 Å². The molecule has 112 valence electrons. The molecule has 1 aliphatic carbocycles. The molecule has 0 bridgehead atoms. The summed E-state index contributed by atoms with van der Waals surface area (Å²) >= 11 is 0. The van der Waals surface area contributed by atoms with E-state index in [0.717, 1.165) is 37.0 Å². The van der Waals surface area contributed by atoms with Crippen molar-refractivity contribution in [3.63, 3.8) is 0 Å². The molecular formula is C17H27NO2. The average molecular weight is 277 g/mol. The first kappa shape index (κ1) is 15.3. The Morgan fingerprint density at radius 2 is 1.70 bits per heavy atom. The van der Waals surface area contributed by atoms with E-state index in [-0.39, 0.29) is 5.54 Å².